The van der Waals surface area contributed by atoms with Crippen molar-refractivity contribution in [2.24, 2.45) is 5.84 Å². The Bertz CT molecular complexity index is 538. The van der Waals surface area contributed by atoms with Crippen LogP contribution in [0, 0.1) is 5.82 Å². The predicted molar refractivity (Wildman–Crippen MR) is 82.0 cm³/mol. The van der Waals surface area contributed by atoms with Gasteiger partial charge in [0.15, 0.2) is 0 Å². The van der Waals surface area contributed by atoms with Crippen molar-refractivity contribution in [3.63, 3.8) is 0 Å². The van der Waals surface area contributed by atoms with Gasteiger partial charge in [0, 0.05) is 8.95 Å². The monoisotopic (exact) mass is 386 g/mol. The van der Waals surface area contributed by atoms with Gasteiger partial charge in [0.25, 0.3) is 0 Å². The van der Waals surface area contributed by atoms with Crippen LogP contribution in [0.15, 0.2) is 51.4 Å². The number of rotatable bonds is 4. The van der Waals surface area contributed by atoms with Gasteiger partial charge in [0.2, 0.25) is 0 Å². The molecule has 0 radical (unpaired) electrons. The predicted octanol–water partition coefficient (Wildman–Crippen LogP) is 4.10. The first-order chi connectivity index (χ1) is 9.08. The largest absolute Gasteiger partial charge is 0.271 e. The van der Waals surface area contributed by atoms with Crippen LogP contribution >= 0.6 is 31.9 Å². The first-order valence-electron chi connectivity index (χ1n) is 5.75. The van der Waals surface area contributed by atoms with Crippen molar-refractivity contribution >= 4 is 31.9 Å². The van der Waals surface area contributed by atoms with Gasteiger partial charge < -0.3 is 0 Å². The van der Waals surface area contributed by atoms with Crippen molar-refractivity contribution in [2.45, 2.75) is 12.5 Å². The van der Waals surface area contributed by atoms with Gasteiger partial charge in [-0.05, 0) is 47.9 Å². The summed E-state index contributed by atoms with van der Waals surface area (Å²) in [6.07, 6.45) is 0.694. The van der Waals surface area contributed by atoms with Crippen LogP contribution in [0.1, 0.15) is 17.2 Å². The minimum Gasteiger partial charge on any atom is -0.271 e. The molecule has 0 aromatic heterocycles. The van der Waals surface area contributed by atoms with Crippen LogP contribution in [-0.2, 0) is 6.42 Å². The van der Waals surface area contributed by atoms with Crippen LogP contribution in [-0.4, -0.2) is 0 Å². The first-order valence-corrected chi connectivity index (χ1v) is 7.33. The first kappa shape index (κ1) is 14.7. The SMILES string of the molecule is NNC(Cc1ccc(Br)cc1)c1cc(F)cc(Br)c1. The van der Waals surface area contributed by atoms with Crippen molar-refractivity contribution in [3.8, 4) is 0 Å². The van der Waals surface area contributed by atoms with Gasteiger partial charge >= 0.3 is 0 Å². The summed E-state index contributed by atoms with van der Waals surface area (Å²) in [5.74, 6) is 5.31. The van der Waals surface area contributed by atoms with Gasteiger partial charge in [-0.25, -0.2) is 4.39 Å². The van der Waals surface area contributed by atoms with Crippen LogP contribution in [0.5, 0.6) is 0 Å². The lowest BCUT2D eigenvalue weighted by Crippen LogP contribution is -2.29. The summed E-state index contributed by atoms with van der Waals surface area (Å²) in [5, 5.41) is 0. The van der Waals surface area contributed by atoms with Crippen molar-refractivity contribution in [1.82, 2.24) is 5.43 Å². The zero-order valence-corrected chi connectivity index (χ0v) is 13.2. The highest BCUT2D eigenvalue weighted by Gasteiger charge is 2.12. The second kappa shape index (κ2) is 6.61. The molecule has 1 unspecified atom stereocenters. The Kier molecular flexibility index (Phi) is 5.10. The number of hydrogen-bond acceptors (Lipinski definition) is 2. The lowest BCUT2D eigenvalue weighted by molar-refractivity contribution is 0.544. The fraction of sp³-hybridized carbons (Fsp3) is 0.143. The summed E-state index contributed by atoms with van der Waals surface area (Å²) < 4.78 is 15.1. The Morgan fingerprint density at radius 1 is 1.05 bits per heavy atom. The van der Waals surface area contributed by atoms with Crippen LogP contribution in [0.2, 0.25) is 0 Å². The van der Waals surface area contributed by atoms with Gasteiger partial charge in [0.05, 0.1) is 6.04 Å². The Morgan fingerprint density at radius 2 is 1.74 bits per heavy atom. The highest BCUT2D eigenvalue weighted by atomic mass is 79.9. The molecule has 3 N–H and O–H groups in total. The molecule has 0 saturated carbocycles. The van der Waals surface area contributed by atoms with Gasteiger partial charge in [-0.15, -0.1) is 0 Å². The van der Waals surface area contributed by atoms with E-state index in [1.54, 1.807) is 0 Å². The molecule has 0 aliphatic heterocycles. The molecular formula is C14H13Br2FN2. The van der Waals surface area contributed by atoms with Crippen LogP contribution in [0.25, 0.3) is 0 Å². The molecule has 2 aromatic carbocycles. The third-order valence-electron chi connectivity index (χ3n) is 2.84. The second-order valence-corrected chi connectivity index (χ2v) is 6.08. The fourth-order valence-corrected chi connectivity index (χ4v) is 2.65. The number of nitrogens with two attached hydrogens (primary N) is 1. The second-order valence-electron chi connectivity index (χ2n) is 4.25. The molecular weight excluding hydrogens is 375 g/mol. The van der Waals surface area contributed by atoms with Crippen molar-refractivity contribution in [1.29, 1.82) is 0 Å². The number of hydrazine groups is 1. The average molecular weight is 388 g/mol. The van der Waals surface area contributed by atoms with E-state index >= 15 is 0 Å². The van der Waals surface area contributed by atoms with Gasteiger partial charge in [-0.1, -0.05) is 44.0 Å². The number of halogens is 3. The molecule has 0 heterocycles. The van der Waals surface area contributed by atoms with Crippen LogP contribution in [0.4, 0.5) is 4.39 Å². The molecule has 19 heavy (non-hydrogen) atoms. The molecule has 2 nitrogen and oxygen atoms in total. The molecule has 0 aliphatic carbocycles. The topological polar surface area (TPSA) is 38.0 Å². The van der Waals surface area contributed by atoms with Crippen LogP contribution < -0.4 is 11.3 Å². The summed E-state index contributed by atoms with van der Waals surface area (Å²) in [6.45, 7) is 0. The Morgan fingerprint density at radius 3 is 2.32 bits per heavy atom. The molecule has 0 saturated heterocycles. The Balaban J connectivity index is 2.22. The Hall–Kier alpha value is -0.750. The van der Waals surface area contributed by atoms with E-state index in [1.807, 2.05) is 30.3 Å². The lowest BCUT2D eigenvalue weighted by Gasteiger charge is -2.17. The molecule has 0 bridgehead atoms. The number of nitrogens with one attached hydrogen (secondary N) is 1. The minimum atomic E-state index is -0.277. The summed E-state index contributed by atoms with van der Waals surface area (Å²) in [5.41, 5.74) is 4.68. The van der Waals surface area contributed by atoms with Crippen LogP contribution in [0.3, 0.4) is 0 Å². The zero-order valence-electron chi connectivity index (χ0n) is 10.0. The molecule has 100 valence electrons. The zero-order chi connectivity index (χ0) is 13.8. The van der Waals surface area contributed by atoms with Gasteiger partial charge in [-0.3, -0.25) is 11.3 Å². The quantitative estimate of drug-likeness (QED) is 0.612. The van der Waals surface area contributed by atoms with Crippen molar-refractivity contribution in [3.05, 3.63) is 68.4 Å². The highest BCUT2D eigenvalue weighted by Crippen LogP contribution is 2.23. The van der Waals surface area contributed by atoms with E-state index in [0.717, 1.165) is 15.6 Å². The molecule has 2 aromatic rings. The highest BCUT2D eigenvalue weighted by molar-refractivity contribution is 9.10. The molecule has 1 atom stereocenters. The van der Waals surface area contributed by atoms with Crippen molar-refractivity contribution < 1.29 is 4.39 Å². The number of hydrogen-bond donors (Lipinski definition) is 2. The lowest BCUT2D eigenvalue weighted by atomic mass is 9.99. The van der Waals surface area contributed by atoms with E-state index < -0.39 is 0 Å². The Labute approximate surface area is 128 Å². The smallest absolute Gasteiger partial charge is 0.124 e. The average Bonchev–Trinajstić information content (AvgIpc) is 2.37. The summed E-state index contributed by atoms with van der Waals surface area (Å²) in [7, 11) is 0. The van der Waals surface area contributed by atoms with Gasteiger partial charge in [-0.2, -0.15) is 0 Å². The standard InChI is InChI=1S/C14H13Br2FN2/c15-11-3-1-9(2-4-11)5-14(19-18)10-6-12(16)8-13(17)7-10/h1-4,6-8,14,19H,5,18H2. The normalized spacial score (nSPS) is 12.4. The van der Waals surface area contributed by atoms with E-state index in [4.69, 9.17) is 5.84 Å². The van der Waals surface area contributed by atoms with E-state index in [1.165, 1.54) is 12.1 Å². The van der Waals surface area contributed by atoms with E-state index in [2.05, 4.69) is 37.3 Å². The van der Waals surface area contributed by atoms with Gasteiger partial charge in [0.1, 0.15) is 5.82 Å². The molecule has 0 aliphatic rings. The maximum atomic E-state index is 13.4. The summed E-state index contributed by atoms with van der Waals surface area (Å²) >= 11 is 6.69. The molecule has 0 amide bonds. The third kappa shape index (κ3) is 4.11. The molecule has 0 fully saturated rings. The summed E-state index contributed by atoms with van der Waals surface area (Å²) in [4.78, 5) is 0. The van der Waals surface area contributed by atoms with E-state index in [9.17, 15) is 4.39 Å². The summed E-state index contributed by atoms with van der Waals surface area (Å²) in [6, 6.07) is 12.6. The molecule has 2 rings (SSSR count). The maximum Gasteiger partial charge on any atom is 0.124 e. The molecule has 5 heteroatoms. The third-order valence-corrected chi connectivity index (χ3v) is 3.83. The minimum absolute atomic E-state index is 0.131. The van der Waals surface area contributed by atoms with E-state index in [0.29, 0.717) is 10.9 Å². The fourth-order valence-electron chi connectivity index (χ4n) is 1.91. The van der Waals surface area contributed by atoms with E-state index in [-0.39, 0.29) is 11.9 Å². The molecule has 0 spiro atoms. The maximum absolute atomic E-state index is 13.4. The number of benzene rings is 2. The van der Waals surface area contributed by atoms with Crippen molar-refractivity contribution in [2.75, 3.05) is 0 Å².